The summed E-state index contributed by atoms with van der Waals surface area (Å²) in [6, 6.07) is 34.1. The van der Waals surface area contributed by atoms with Crippen LogP contribution in [0.15, 0.2) is 109 Å². The zero-order valence-corrected chi connectivity index (χ0v) is 32.6. The summed E-state index contributed by atoms with van der Waals surface area (Å²) in [4.78, 5) is 0. The maximum atomic E-state index is 12.5. The van der Waals surface area contributed by atoms with Crippen molar-refractivity contribution in [1.82, 2.24) is 0 Å². The molecule has 0 saturated carbocycles. The Morgan fingerprint density at radius 3 is 1.46 bits per heavy atom. The molecular formula is C41H38Cl2F6Zr-2. The molecule has 0 unspecified atom stereocenters. The van der Waals surface area contributed by atoms with Crippen LogP contribution >= 0.6 is 0 Å². The van der Waals surface area contributed by atoms with Crippen molar-refractivity contribution in [3.05, 3.63) is 160 Å². The molecule has 0 aromatic heterocycles. The summed E-state index contributed by atoms with van der Waals surface area (Å²) in [6.45, 7) is 13.8. The minimum atomic E-state index is -4.41. The summed E-state index contributed by atoms with van der Waals surface area (Å²) in [5.41, 5.74) is 8.29. The molecule has 1 aliphatic rings. The minimum absolute atomic E-state index is 0. The van der Waals surface area contributed by atoms with Crippen LogP contribution in [-0.4, -0.2) is 3.21 Å². The SMILES string of the molecule is CC(C)(C)c1[c-]c2c(cc1C(C)(C)C)-c1ccccc1C2.FC(F)(F)c1ccc([C](=[Zr+2])c2ccc(C(F)(F)F)cc2)cc1.[Cl-].[Cl-].c1cc[cH-]c1. The van der Waals surface area contributed by atoms with Gasteiger partial charge in [0.25, 0.3) is 0 Å². The Balaban J connectivity index is 0.000000293. The van der Waals surface area contributed by atoms with E-state index in [9.17, 15) is 26.3 Å². The largest absolute Gasteiger partial charge is 1.00 e. The van der Waals surface area contributed by atoms with Crippen LogP contribution in [0.5, 0.6) is 0 Å². The van der Waals surface area contributed by atoms with E-state index in [-0.39, 0.29) is 35.6 Å². The molecule has 264 valence electrons. The fourth-order valence-corrected chi connectivity index (χ4v) is 6.24. The Labute approximate surface area is 318 Å². The van der Waals surface area contributed by atoms with Crippen molar-refractivity contribution in [2.45, 2.75) is 71.1 Å². The van der Waals surface area contributed by atoms with Crippen LogP contribution in [0.1, 0.15) is 86.1 Å². The Morgan fingerprint density at radius 2 is 1.08 bits per heavy atom. The predicted octanol–water partition coefficient (Wildman–Crippen LogP) is 5.91. The number of hydrogen-bond donors (Lipinski definition) is 0. The van der Waals surface area contributed by atoms with Gasteiger partial charge in [0, 0.05) is 0 Å². The van der Waals surface area contributed by atoms with Gasteiger partial charge in [0.05, 0.1) is 0 Å². The second-order valence-corrected chi connectivity index (χ2v) is 15.0. The summed E-state index contributed by atoms with van der Waals surface area (Å²) >= 11 is 0.898. The van der Waals surface area contributed by atoms with Crippen LogP contribution in [0.3, 0.4) is 0 Å². The molecule has 1 aliphatic carbocycles. The topological polar surface area (TPSA) is 0 Å². The average molecular weight is 807 g/mol. The van der Waals surface area contributed by atoms with E-state index in [1.165, 1.54) is 57.6 Å². The van der Waals surface area contributed by atoms with Crippen LogP contribution in [0, 0.1) is 6.07 Å². The summed E-state index contributed by atoms with van der Waals surface area (Å²) in [6.07, 6.45) is -7.79. The zero-order valence-electron chi connectivity index (χ0n) is 28.6. The van der Waals surface area contributed by atoms with Crippen molar-refractivity contribution in [2.24, 2.45) is 0 Å². The third-order valence-electron chi connectivity index (χ3n) is 7.95. The van der Waals surface area contributed by atoms with E-state index in [0.29, 0.717) is 14.3 Å². The van der Waals surface area contributed by atoms with Crippen LogP contribution in [0.2, 0.25) is 0 Å². The van der Waals surface area contributed by atoms with Gasteiger partial charge in [-0.3, -0.25) is 0 Å². The van der Waals surface area contributed by atoms with Gasteiger partial charge in [0.1, 0.15) is 0 Å². The van der Waals surface area contributed by atoms with E-state index in [4.69, 9.17) is 0 Å². The molecule has 0 nitrogen and oxygen atoms in total. The molecule has 0 spiro atoms. The normalized spacial score (nSPS) is 12.1. The molecule has 0 N–H and O–H groups in total. The van der Waals surface area contributed by atoms with Gasteiger partial charge in [-0.25, -0.2) is 12.1 Å². The number of benzene rings is 4. The van der Waals surface area contributed by atoms with Crippen molar-refractivity contribution in [2.75, 3.05) is 0 Å². The van der Waals surface area contributed by atoms with Crippen molar-refractivity contribution < 1.29 is 75.4 Å². The number of alkyl halides is 6. The van der Waals surface area contributed by atoms with Gasteiger partial charge in [0.15, 0.2) is 0 Å². The molecule has 5 aromatic rings. The fraction of sp³-hybridized carbons (Fsp3) is 0.268. The van der Waals surface area contributed by atoms with Crippen molar-refractivity contribution in [1.29, 1.82) is 0 Å². The van der Waals surface area contributed by atoms with Crippen LogP contribution < -0.4 is 24.8 Å². The fourth-order valence-electron chi connectivity index (χ4n) is 5.42. The molecule has 0 heterocycles. The number of rotatable bonds is 2. The molecular weight excluding hydrogens is 769 g/mol. The summed E-state index contributed by atoms with van der Waals surface area (Å²) in [5.74, 6) is 0. The minimum Gasteiger partial charge on any atom is -1.00 e. The summed E-state index contributed by atoms with van der Waals surface area (Å²) in [5, 5.41) is 0. The maximum absolute atomic E-state index is 12.5. The van der Waals surface area contributed by atoms with Gasteiger partial charge >= 0.3 is 137 Å². The molecule has 5 aromatic carbocycles. The average Bonchev–Trinajstić information content (AvgIpc) is 3.71. The number of hydrogen-bond acceptors (Lipinski definition) is 0. The first-order chi connectivity index (χ1) is 22.3. The molecule has 0 radical (unpaired) electrons. The smallest absolute Gasteiger partial charge is 0.172 e. The number of halogens is 8. The van der Waals surface area contributed by atoms with E-state index in [1.807, 2.05) is 30.3 Å². The molecule has 50 heavy (non-hydrogen) atoms. The Morgan fingerprint density at radius 1 is 0.620 bits per heavy atom. The van der Waals surface area contributed by atoms with Crippen molar-refractivity contribution in [3.8, 4) is 11.1 Å². The first kappa shape index (κ1) is 43.3. The Bertz CT molecular complexity index is 1750. The van der Waals surface area contributed by atoms with Gasteiger partial charge < -0.3 is 24.8 Å². The second-order valence-electron chi connectivity index (χ2n) is 13.8. The predicted molar refractivity (Wildman–Crippen MR) is 179 cm³/mol. The molecule has 9 heteroatoms. The van der Waals surface area contributed by atoms with Crippen LogP contribution in [-0.2, 0) is 53.8 Å². The number of fused-ring (bicyclic) bond motifs is 3. The summed E-state index contributed by atoms with van der Waals surface area (Å²) < 4.78 is 75.6. The van der Waals surface area contributed by atoms with E-state index in [0.717, 1.165) is 54.9 Å². The van der Waals surface area contributed by atoms with Crippen LogP contribution in [0.4, 0.5) is 26.3 Å². The monoisotopic (exact) mass is 804 g/mol. The maximum Gasteiger partial charge on any atom is -0.172 e. The van der Waals surface area contributed by atoms with E-state index >= 15 is 0 Å². The van der Waals surface area contributed by atoms with Crippen LogP contribution in [0.25, 0.3) is 11.1 Å². The molecule has 0 saturated heterocycles. The molecule has 6 rings (SSSR count). The van der Waals surface area contributed by atoms with E-state index in [1.54, 1.807) is 0 Å². The zero-order chi connectivity index (χ0) is 35.5. The quantitative estimate of drug-likeness (QED) is 0.151. The van der Waals surface area contributed by atoms with Gasteiger partial charge in [-0.2, -0.15) is 35.9 Å². The molecule has 0 fully saturated rings. The molecule has 0 atom stereocenters. The Kier molecular flexibility index (Phi) is 14.8. The summed E-state index contributed by atoms with van der Waals surface area (Å²) in [7, 11) is 0. The standard InChI is InChI=1S/C21H25.C15H8F6.C5H5.2ClH.Zr/c1-20(2,3)18-12-15-11-14-9-7-8-10-16(14)17(15)13-19(18)21(4,5)6;16-14(17,18)12-5-1-10(2-6-12)9-11-3-7-13(8-4-11)15(19,20)21;1-2-4-5-3-1;;;/h7-10,13H,11H2,1-6H3;1-8H;1-5H;2*1H;/q-1;;-1;;;+2/p-2. The first-order valence-corrected chi connectivity index (χ1v) is 16.8. The van der Waals surface area contributed by atoms with Gasteiger partial charge in [-0.15, -0.1) is 16.7 Å². The van der Waals surface area contributed by atoms with Gasteiger partial charge in [-0.1, -0.05) is 82.3 Å². The van der Waals surface area contributed by atoms with Crippen molar-refractivity contribution in [3.63, 3.8) is 0 Å². The third-order valence-corrected chi connectivity index (χ3v) is 9.37. The molecule has 0 aliphatic heterocycles. The van der Waals surface area contributed by atoms with Gasteiger partial charge in [-0.05, 0) is 11.8 Å². The molecule has 0 amide bonds. The third kappa shape index (κ3) is 11.1. The van der Waals surface area contributed by atoms with E-state index < -0.39 is 23.5 Å². The second kappa shape index (κ2) is 17.1. The molecule has 0 bridgehead atoms. The van der Waals surface area contributed by atoms with Crippen molar-refractivity contribution >= 4 is 3.21 Å². The van der Waals surface area contributed by atoms with E-state index in [2.05, 4.69) is 77.9 Å². The Hall–Kier alpha value is -2.86. The first-order valence-electron chi connectivity index (χ1n) is 15.6. The van der Waals surface area contributed by atoms with Gasteiger partial charge in [0.2, 0.25) is 0 Å².